The molecule has 3 rings (SSSR count). The quantitative estimate of drug-likeness (QED) is 0.421. The van der Waals surface area contributed by atoms with E-state index in [0.29, 0.717) is 23.3 Å². The summed E-state index contributed by atoms with van der Waals surface area (Å²) in [6, 6.07) is 19.5. The van der Waals surface area contributed by atoms with Crippen molar-refractivity contribution in [2.75, 3.05) is 0 Å². The van der Waals surface area contributed by atoms with Crippen LogP contribution in [0.1, 0.15) is 50.7 Å². The topological polar surface area (TPSA) is 66.0 Å². The second kappa shape index (κ2) is 9.16. The molecule has 0 aliphatic carbocycles. The minimum atomic E-state index is 0.327. The van der Waals surface area contributed by atoms with Crippen LogP contribution in [0.3, 0.4) is 0 Å². The summed E-state index contributed by atoms with van der Waals surface area (Å²) in [6.07, 6.45) is 3.42. The maximum atomic E-state index is 8.77. The molecule has 0 fully saturated rings. The Morgan fingerprint density at radius 2 is 1.13 bits per heavy atom. The Morgan fingerprint density at radius 3 is 1.57 bits per heavy atom. The van der Waals surface area contributed by atoms with Crippen molar-refractivity contribution < 1.29 is 9.47 Å². The van der Waals surface area contributed by atoms with E-state index in [1.54, 1.807) is 24.6 Å². The van der Waals surface area contributed by atoms with Gasteiger partial charge in [-0.3, -0.25) is 0 Å². The normalized spacial score (nSPS) is 10.5. The van der Waals surface area contributed by atoms with Crippen LogP contribution in [0.2, 0.25) is 0 Å². The fourth-order valence-corrected chi connectivity index (χ4v) is 3.81. The van der Waals surface area contributed by atoms with Crippen LogP contribution in [-0.2, 0) is 0 Å². The monoisotopic (exact) mass is 396 g/mol. The van der Waals surface area contributed by atoms with Gasteiger partial charge in [-0.2, -0.15) is 0 Å². The number of rotatable bonds is 6. The lowest BCUT2D eigenvalue weighted by atomic mass is 9.80. The lowest BCUT2D eigenvalue weighted by Gasteiger charge is -2.24. The highest BCUT2D eigenvalue weighted by Gasteiger charge is 2.20. The van der Waals surface area contributed by atoms with E-state index >= 15 is 0 Å². The number of nitrogens with zero attached hydrogens (tertiary/aromatic N) is 2. The van der Waals surface area contributed by atoms with Gasteiger partial charge >= 0.3 is 0 Å². The van der Waals surface area contributed by atoms with Gasteiger partial charge in [0.1, 0.15) is 11.5 Å². The Bertz CT molecular complexity index is 1100. The molecule has 0 atom stereocenters. The number of hydrogen-bond acceptors (Lipinski definition) is 4. The Kier molecular flexibility index (Phi) is 6.40. The standard InChI is InChI=1S/C26H24N2O2/c1-17(2)23-13-14-24(19-5-9-21(10-6-19)29-15-27)26(25(23)18(3)4)20-7-11-22(12-8-20)30-16-28/h5-14,17-18H,1-4H3. The first kappa shape index (κ1) is 21.0. The number of ether oxygens (including phenoxy) is 2. The molecule has 0 bridgehead atoms. The van der Waals surface area contributed by atoms with Crippen LogP contribution in [0.5, 0.6) is 11.5 Å². The van der Waals surface area contributed by atoms with Crippen LogP contribution in [0.25, 0.3) is 22.3 Å². The second-order valence-corrected chi connectivity index (χ2v) is 7.74. The number of hydrogen-bond donors (Lipinski definition) is 0. The molecule has 3 aromatic rings. The second-order valence-electron chi connectivity index (χ2n) is 7.74. The Balaban J connectivity index is 2.25. The first-order valence-electron chi connectivity index (χ1n) is 9.95. The van der Waals surface area contributed by atoms with E-state index in [4.69, 9.17) is 20.0 Å². The highest BCUT2D eigenvalue weighted by Crippen LogP contribution is 2.42. The van der Waals surface area contributed by atoms with Gasteiger partial charge in [0.15, 0.2) is 0 Å². The summed E-state index contributed by atoms with van der Waals surface area (Å²) in [4.78, 5) is 0. The van der Waals surface area contributed by atoms with Gasteiger partial charge in [-0.15, -0.1) is 10.5 Å². The SMILES string of the molecule is CC(C)c1ccc(-c2ccc(OC#N)cc2)c(-c2ccc(OC#N)cc2)c1C(C)C. The molecule has 0 saturated carbocycles. The van der Waals surface area contributed by atoms with Gasteiger partial charge in [0.2, 0.25) is 0 Å². The Hall–Kier alpha value is -3.76. The zero-order valence-corrected chi connectivity index (χ0v) is 17.6. The molecule has 4 heteroatoms. The molecule has 150 valence electrons. The summed E-state index contributed by atoms with van der Waals surface area (Å²) in [5, 5.41) is 17.5. The zero-order valence-electron chi connectivity index (χ0n) is 17.6. The Labute approximate surface area is 177 Å². The van der Waals surface area contributed by atoms with Gasteiger partial charge in [0.25, 0.3) is 12.5 Å². The third-order valence-corrected chi connectivity index (χ3v) is 5.11. The highest BCUT2D eigenvalue weighted by molar-refractivity contribution is 5.87. The molecule has 30 heavy (non-hydrogen) atoms. The van der Waals surface area contributed by atoms with Crippen LogP contribution in [0.15, 0.2) is 60.7 Å². The summed E-state index contributed by atoms with van der Waals surface area (Å²) >= 11 is 0. The molecular formula is C26H24N2O2. The van der Waals surface area contributed by atoms with Crippen molar-refractivity contribution >= 4 is 0 Å². The molecular weight excluding hydrogens is 372 g/mol. The van der Waals surface area contributed by atoms with Gasteiger partial charge in [-0.25, -0.2) is 0 Å². The summed E-state index contributed by atoms with van der Waals surface area (Å²) in [6.45, 7) is 8.85. The molecule has 0 saturated heterocycles. The van der Waals surface area contributed by atoms with E-state index in [1.807, 2.05) is 36.4 Å². The smallest absolute Gasteiger partial charge is 0.292 e. The van der Waals surface area contributed by atoms with Gasteiger partial charge < -0.3 is 9.47 Å². The van der Waals surface area contributed by atoms with E-state index in [1.165, 1.54) is 16.7 Å². The van der Waals surface area contributed by atoms with E-state index in [2.05, 4.69) is 39.8 Å². The third-order valence-electron chi connectivity index (χ3n) is 5.11. The van der Waals surface area contributed by atoms with Crippen molar-refractivity contribution in [2.45, 2.75) is 39.5 Å². The molecule has 0 amide bonds. The lowest BCUT2D eigenvalue weighted by molar-refractivity contribution is 0.507. The minimum absolute atomic E-state index is 0.327. The molecule has 0 aliphatic rings. The van der Waals surface area contributed by atoms with Crippen LogP contribution < -0.4 is 9.47 Å². The molecule has 4 nitrogen and oxygen atoms in total. The summed E-state index contributed by atoms with van der Waals surface area (Å²) in [5.41, 5.74) is 7.04. The fourth-order valence-electron chi connectivity index (χ4n) is 3.81. The largest absolute Gasteiger partial charge is 0.388 e. The molecule has 0 aromatic heterocycles. The van der Waals surface area contributed by atoms with E-state index in [9.17, 15) is 0 Å². The molecule has 0 unspecified atom stereocenters. The maximum Gasteiger partial charge on any atom is 0.292 e. The minimum Gasteiger partial charge on any atom is -0.388 e. The van der Waals surface area contributed by atoms with Crippen molar-refractivity contribution in [2.24, 2.45) is 0 Å². The first-order valence-corrected chi connectivity index (χ1v) is 9.95. The summed E-state index contributed by atoms with van der Waals surface area (Å²) in [7, 11) is 0. The average molecular weight is 396 g/mol. The van der Waals surface area contributed by atoms with Gasteiger partial charge in [-0.1, -0.05) is 64.1 Å². The molecule has 0 spiro atoms. The van der Waals surface area contributed by atoms with Gasteiger partial charge in [-0.05, 0) is 69.5 Å². The van der Waals surface area contributed by atoms with E-state index < -0.39 is 0 Å². The number of benzene rings is 3. The Morgan fingerprint density at radius 1 is 0.633 bits per heavy atom. The lowest BCUT2D eigenvalue weighted by Crippen LogP contribution is -2.03. The first-order chi connectivity index (χ1) is 14.5. The van der Waals surface area contributed by atoms with E-state index in [0.717, 1.165) is 16.7 Å². The van der Waals surface area contributed by atoms with Crippen molar-refractivity contribution in [3.63, 3.8) is 0 Å². The fraction of sp³-hybridized carbons (Fsp3) is 0.231. The van der Waals surface area contributed by atoms with Crippen LogP contribution in [0, 0.1) is 23.0 Å². The van der Waals surface area contributed by atoms with Crippen LogP contribution in [-0.4, -0.2) is 0 Å². The van der Waals surface area contributed by atoms with E-state index in [-0.39, 0.29) is 0 Å². The third kappa shape index (κ3) is 4.29. The molecule has 0 heterocycles. The zero-order chi connectivity index (χ0) is 21.7. The van der Waals surface area contributed by atoms with Crippen molar-refractivity contribution in [1.29, 1.82) is 10.5 Å². The molecule has 0 radical (unpaired) electrons. The maximum absolute atomic E-state index is 8.77. The van der Waals surface area contributed by atoms with Gasteiger partial charge in [0.05, 0.1) is 0 Å². The molecule has 0 N–H and O–H groups in total. The predicted molar refractivity (Wildman–Crippen MR) is 118 cm³/mol. The molecule has 3 aromatic carbocycles. The van der Waals surface area contributed by atoms with Gasteiger partial charge in [0, 0.05) is 0 Å². The molecule has 0 aliphatic heterocycles. The van der Waals surface area contributed by atoms with Crippen molar-refractivity contribution in [3.05, 3.63) is 71.8 Å². The predicted octanol–water partition coefficient (Wildman–Crippen LogP) is 6.99. The van der Waals surface area contributed by atoms with Crippen LogP contribution in [0.4, 0.5) is 0 Å². The summed E-state index contributed by atoms with van der Waals surface area (Å²) < 4.78 is 9.88. The average Bonchev–Trinajstić information content (AvgIpc) is 2.74. The summed E-state index contributed by atoms with van der Waals surface area (Å²) in [5.74, 6) is 1.76. The van der Waals surface area contributed by atoms with Crippen molar-refractivity contribution in [3.8, 4) is 46.3 Å². The van der Waals surface area contributed by atoms with Crippen molar-refractivity contribution in [1.82, 2.24) is 0 Å². The highest BCUT2D eigenvalue weighted by atomic mass is 16.5. The number of nitriles is 2. The van der Waals surface area contributed by atoms with Crippen LogP contribution >= 0.6 is 0 Å².